The van der Waals surface area contributed by atoms with Gasteiger partial charge in [-0.2, -0.15) is 0 Å². The Morgan fingerprint density at radius 3 is 2.17 bits per heavy atom. The van der Waals surface area contributed by atoms with E-state index in [4.69, 9.17) is 25.8 Å². The van der Waals surface area contributed by atoms with E-state index in [1.807, 2.05) is 0 Å². The number of rotatable bonds is 1. The maximum absolute atomic E-state index is 9.18. The number of aliphatic hydroxyl groups excluding tert-OH is 4. The van der Waals surface area contributed by atoms with Gasteiger partial charge >= 0.3 is 0 Å². The third-order valence-corrected chi connectivity index (χ3v) is 1.93. The average Bonchev–Trinajstić information content (AvgIpc) is 2.08. The molecule has 72 valence electrons. The molecule has 6 heteroatoms. The lowest BCUT2D eigenvalue weighted by Crippen LogP contribution is -2.61. The number of aliphatic hydroxyl groups is 4. The van der Waals surface area contributed by atoms with Crippen molar-refractivity contribution in [2.24, 2.45) is 5.73 Å². The first-order chi connectivity index (χ1) is 5.57. The summed E-state index contributed by atoms with van der Waals surface area (Å²) in [4.78, 5) is 0. The third-order valence-electron chi connectivity index (χ3n) is 1.93. The van der Waals surface area contributed by atoms with Crippen LogP contribution in [0.1, 0.15) is 0 Å². The molecule has 0 aliphatic carbocycles. The molecule has 1 aliphatic heterocycles. The standard InChI is InChI=1S/C6H13NO5/c7-6-5(11)4(10)3(9)2(1-8)12-6/h2-6,8-11H,1,7H2/t2?,3-,4+,5?,6+/m1/s1. The second kappa shape index (κ2) is 3.65. The van der Waals surface area contributed by atoms with E-state index in [1.54, 1.807) is 0 Å². The maximum atomic E-state index is 9.18. The van der Waals surface area contributed by atoms with E-state index in [9.17, 15) is 5.11 Å². The second-order valence-electron chi connectivity index (χ2n) is 2.79. The summed E-state index contributed by atoms with van der Waals surface area (Å²) in [6, 6.07) is 0. The smallest absolute Gasteiger partial charge is 0.135 e. The first-order valence-electron chi connectivity index (χ1n) is 3.64. The first kappa shape index (κ1) is 9.85. The van der Waals surface area contributed by atoms with Gasteiger partial charge in [-0.25, -0.2) is 0 Å². The zero-order valence-corrected chi connectivity index (χ0v) is 6.37. The Labute approximate surface area is 69.2 Å². The van der Waals surface area contributed by atoms with E-state index in [1.165, 1.54) is 0 Å². The van der Waals surface area contributed by atoms with E-state index in [0.29, 0.717) is 0 Å². The van der Waals surface area contributed by atoms with Crippen LogP contribution in [-0.4, -0.2) is 57.7 Å². The molecule has 0 aromatic rings. The Bertz CT molecular complexity index is 150. The Hall–Kier alpha value is -0.240. The molecule has 1 aliphatic rings. The molecule has 6 N–H and O–H groups in total. The zero-order valence-electron chi connectivity index (χ0n) is 6.37. The van der Waals surface area contributed by atoms with Crippen LogP contribution in [0.2, 0.25) is 0 Å². The Morgan fingerprint density at radius 1 is 1.08 bits per heavy atom. The van der Waals surface area contributed by atoms with Crippen LogP contribution in [0.5, 0.6) is 0 Å². The van der Waals surface area contributed by atoms with Crippen molar-refractivity contribution in [1.82, 2.24) is 0 Å². The highest BCUT2D eigenvalue weighted by atomic mass is 16.6. The van der Waals surface area contributed by atoms with Crippen LogP contribution in [0.4, 0.5) is 0 Å². The van der Waals surface area contributed by atoms with Crippen molar-refractivity contribution in [2.75, 3.05) is 6.61 Å². The van der Waals surface area contributed by atoms with Gasteiger partial charge in [-0.1, -0.05) is 0 Å². The van der Waals surface area contributed by atoms with Gasteiger partial charge < -0.3 is 30.9 Å². The van der Waals surface area contributed by atoms with Crippen molar-refractivity contribution < 1.29 is 25.2 Å². The lowest BCUT2D eigenvalue weighted by molar-refractivity contribution is -0.227. The summed E-state index contributed by atoms with van der Waals surface area (Å²) in [5, 5.41) is 36.1. The van der Waals surface area contributed by atoms with E-state index >= 15 is 0 Å². The lowest BCUT2D eigenvalue weighted by atomic mass is 9.99. The SMILES string of the molecule is N[C@H]1OC(CO)[C@@H](O)[C@H](O)C1O. The molecule has 1 heterocycles. The van der Waals surface area contributed by atoms with Crippen LogP contribution in [-0.2, 0) is 4.74 Å². The monoisotopic (exact) mass is 179 g/mol. The van der Waals surface area contributed by atoms with Gasteiger partial charge in [-0.05, 0) is 0 Å². The lowest BCUT2D eigenvalue weighted by Gasteiger charge is -2.38. The number of hydrogen-bond acceptors (Lipinski definition) is 6. The van der Waals surface area contributed by atoms with E-state index in [-0.39, 0.29) is 0 Å². The van der Waals surface area contributed by atoms with E-state index in [0.717, 1.165) is 0 Å². The fraction of sp³-hybridized carbons (Fsp3) is 1.00. The molecular formula is C6H13NO5. The summed E-state index contributed by atoms with van der Waals surface area (Å²) >= 11 is 0. The van der Waals surface area contributed by atoms with Gasteiger partial charge in [0.1, 0.15) is 30.6 Å². The first-order valence-corrected chi connectivity index (χ1v) is 3.64. The van der Waals surface area contributed by atoms with E-state index < -0.39 is 37.3 Å². The van der Waals surface area contributed by atoms with Crippen LogP contribution in [0.15, 0.2) is 0 Å². The van der Waals surface area contributed by atoms with Crippen LogP contribution >= 0.6 is 0 Å². The van der Waals surface area contributed by atoms with E-state index in [2.05, 4.69) is 0 Å². The largest absolute Gasteiger partial charge is 0.394 e. The molecule has 0 amide bonds. The normalized spacial score (nSPS) is 49.2. The molecular weight excluding hydrogens is 166 g/mol. The predicted octanol–water partition coefficient (Wildman–Crippen LogP) is -3.25. The van der Waals surface area contributed by atoms with Crippen molar-refractivity contribution in [3.05, 3.63) is 0 Å². The van der Waals surface area contributed by atoms with Crippen molar-refractivity contribution >= 4 is 0 Å². The summed E-state index contributed by atoms with van der Waals surface area (Å²) < 4.78 is 4.80. The third kappa shape index (κ3) is 1.58. The van der Waals surface area contributed by atoms with Crippen LogP contribution in [0, 0.1) is 0 Å². The van der Waals surface area contributed by atoms with Gasteiger partial charge in [0.2, 0.25) is 0 Å². The van der Waals surface area contributed by atoms with Crippen molar-refractivity contribution in [2.45, 2.75) is 30.6 Å². The molecule has 0 bridgehead atoms. The zero-order chi connectivity index (χ0) is 9.30. The highest BCUT2D eigenvalue weighted by molar-refractivity contribution is 4.89. The highest BCUT2D eigenvalue weighted by Crippen LogP contribution is 2.17. The Kier molecular flexibility index (Phi) is 2.99. The summed E-state index contributed by atoms with van der Waals surface area (Å²) in [5.74, 6) is 0. The molecule has 12 heavy (non-hydrogen) atoms. The Balaban J connectivity index is 2.63. The molecule has 0 saturated carbocycles. The summed E-state index contributed by atoms with van der Waals surface area (Å²) in [6.07, 6.45) is -5.99. The van der Waals surface area contributed by atoms with Crippen LogP contribution in [0.25, 0.3) is 0 Å². The van der Waals surface area contributed by atoms with Gasteiger partial charge in [-0.3, -0.25) is 0 Å². The molecule has 0 spiro atoms. The minimum absolute atomic E-state index is 0.446. The second-order valence-corrected chi connectivity index (χ2v) is 2.79. The van der Waals surface area contributed by atoms with Gasteiger partial charge in [0.05, 0.1) is 6.61 Å². The minimum Gasteiger partial charge on any atom is -0.394 e. The summed E-state index contributed by atoms with van der Waals surface area (Å²) in [6.45, 7) is -0.446. The molecule has 5 atom stereocenters. The molecule has 0 radical (unpaired) electrons. The quantitative estimate of drug-likeness (QED) is 0.288. The summed E-state index contributed by atoms with van der Waals surface area (Å²) in [5.41, 5.74) is 5.24. The molecule has 1 rings (SSSR count). The maximum Gasteiger partial charge on any atom is 0.135 e. The van der Waals surface area contributed by atoms with Gasteiger partial charge in [0.15, 0.2) is 0 Å². The highest BCUT2D eigenvalue weighted by Gasteiger charge is 2.41. The minimum atomic E-state index is -1.37. The Morgan fingerprint density at radius 2 is 1.67 bits per heavy atom. The molecule has 0 aromatic heterocycles. The average molecular weight is 179 g/mol. The van der Waals surface area contributed by atoms with Crippen LogP contribution in [0.3, 0.4) is 0 Å². The van der Waals surface area contributed by atoms with Crippen molar-refractivity contribution in [3.8, 4) is 0 Å². The summed E-state index contributed by atoms with van der Waals surface area (Å²) in [7, 11) is 0. The number of ether oxygens (including phenoxy) is 1. The topological polar surface area (TPSA) is 116 Å². The van der Waals surface area contributed by atoms with Crippen molar-refractivity contribution in [1.29, 1.82) is 0 Å². The predicted molar refractivity (Wildman–Crippen MR) is 38.0 cm³/mol. The molecule has 1 saturated heterocycles. The number of hydrogen-bond donors (Lipinski definition) is 5. The van der Waals surface area contributed by atoms with Crippen molar-refractivity contribution in [3.63, 3.8) is 0 Å². The molecule has 0 aromatic carbocycles. The van der Waals surface area contributed by atoms with Crippen LogP contribution < -0.4 is 5.73 Å². The molecule has 2 unspecified atom stereocenters. The van der Waals surface area contributed by atoms with Gasteiger partial charge in [0, 0.05) is 0 Å². The van der Waals surface area contributed by atoms with Gasteiger partial charge in [-0.15, -0.1) is 0 Å². The molecule has 1 fully saturated rings. The number of nitrogens with two attached hydrogens (primary N) is 1. The molecule has 6 nitrogen and oxygen atoms in total. The van der Waals surface area contributed by atoms with Gasteiger partial charge in [0.25, 0.3) is 0 Å². The fourth-order valence-electron chi connectivity index (χ4n) is 1.13. The fourth-order valence-corrected chi connectivity index (χ4v) is 1.13.